The Kier molecular flexibility index (Phi) is 4.14. The van der Waals surface area contributed by atoms with E-state index in [2.05, 4.69) is 12.2 Å². The highest BCUT2D eigenvalue weighted by atomic mass is 16.2. The Morgan fingerprint density at radius 2 is 2.00 bits per heavy atom. The van der Waals surface area contributed by atoms with Gasteiger partial charge in [0.15, 0.2) is 0 Å². The summed E-state index contributed by atoms with van der Waals surface area (Å²) in [6.45, 7) is 6.91. The number of rotatable bonds is 6. The molecule has 3 nitrogen and oxygen atoms in total. The molecule has 0 aromatic heterocycles. The number of hydrogen-bond donors (Lipinski definition) is 2. The van der Waals surface area contributed by atoms with Crippen molar-refractivity contribution in [3.63, 3.8) is 0 Å². The van der Waals surface area contributed by atoms with E-state index in [-0.39, 0.29) is 5.91 Å². The lowest BCUT2D eigenvalue weighted by molar-refractivity contribution is -0.126. The molecule has 0 aliphatic heterocycles. The van der Waals surface area contributed by atoms with Gasteiger partial charge in [0.05, 0.1) is 5.54 Å². The van der Waals surface area contributed by atoms with Gasteiger partial charge in [0.1, 0.15) is 0 Å². The van der Waals surface area contributed by atoms with Crippen LogP contribution in [-0.4, -0.2) is 18.0 Å². The fourth-order valence-electron chi connectivity index (χ4n) is 1.83. The fourth-order valence-corrected chi connectivity index (χ4v) is 1.83. The van der Waals surface area contributed by atoms with Crippen LogP contribution in [0, 0.1) is 11.8 Å². The molecule has 0 bridgehead atoms. The van der Waals surface area contributed by atoms with Crippen LogP contribution in [0.15, 0.2) is 0 Å². The summed E-state index contributed by atoms with van der Waals surface area (Å²) in [5.41, 5.74) is 5.34. The molecule has 1 atom stereocenters. The molecule has 3 N–H and O–H groups in total. The van der Waals surface area contributed by atoms with Gasteiger partial charge in [-0.05, 0) is 37.5 Å². The van der Waals surface area contributed by atoms with Crippen LogP contribution in [0.5, 0.6) is 0 Å². The molecule has 0 aromatic carbocycles. The van der Waals surface area contributed by atoms with Gasteiger partial charge in [-0.3, -0.25) is 4.79 Å². The molecular weight excluding hydrogens is 188 g/mol. The minimum absolute atomic E-state index is 0.0139. The van der Waals surface area contributed by atoms with E-state index < -0.39 is 5.54 Å². The minimum atomic E-state index is -0.663. The van der Waals surface area contributed by atoms with Crippen LogP contribution >= 0.6 is 0 Å². The number of carbonyl (C=O) groups is 1. The summed E-state index contributed by atoms with van der Waals surface area (Å²) in [5, 5.41) is 2.98. The molecule has 0 heterocycles. The zero-order valence-corrected chi connectivity index (χ0v) is 10.2. The van der Waals surface area contributed by atoms with Crippen molar-refractivity contribution in [1.82, 2.24) is 5.32 Å². The van der Waals surface area contributed by atoms with E-state index in [1.807, 2.05) is 13.8 Å². The van der Waals surface area contributed by atoms with E-state index in [1.54, 1.807) is 0 Å². The molecule has 1 amide bonds. The van der Waals surface area contributed by atoms with E-state index in [4.69, 9.17) is 5.73 Å². The molecule has 0 aromatic rings. The third kappa shape index (κ3) is 3.20. The lowest BCUT2D eigenvalue weighted by atomic mass is 9.93. The molecule has 88 valence electrons. The molecule has 1 saturated carbocycles. The van der Waals surface area contributed by atoms with Gasteiger partial charge in [0, 0.05) is 6.54 Å². The Labute approximate surface area is 92.8 Å². The first-order chi connectivity index (χ1) is 7.03. The molecule has 1 aliphatic rings. The molecule has 15 heavy (non-hydrogen) atoms. The standard InChI is InChI=1S/C12H24N2O/c1-4-12(13,5-2)11(15)14-8-9(3)10-6-7-10/h9-10H,4-8,13H2,1-3H3,(H,14,15). The molecule has 1 fully saturated rings. The normalized spacial score (nSPS) is 18.7. The van der Waals surface area contributed by atoms with Gasteiger partial charge in [-0.25, -0.2) is 0 Å². The SMILES string of the molecule is CCC(N)(CC)C(=O)NCC(C)C1CC1. The Morgan fingerprint density at radius 1 is 1.47 bits per heavy atom. The average molecular weight is 212 g/mol. The van der Waals surface area contributed by atoms with Crippen LogP contribution in [0.1, 0.15) is 46.5 Å². The van der Waals surface area contributed by atoms with E-state index in [9.17, 15) is 4.79 Å². The van der Waals surface area contributed by atoms with Crippen molar-refractivity contribution in [3.05, 3.63) is 0 Å². The van der Waals surface area contributed by atoms with Crippen molar-refractivity contribution in [2.75, 3.05) is 6.54 Å². The molecule has 0 radical (unpaired) electrons. The van der Waals surface area contributed by atoms with E-state index in [1.165, 1.54) is 12.8 Å². The summed E-state index contributed by atoms with van der Waals surface area (Å²) >= 11 is 0. The van der Waals surface area contributed by atoms with Crippen molar-refractivity contribution in [2.45, 2.75) is 52.0 Å². The van der Waals surface area contributed by atoms with Crippen molar-refractivity contribution < 1.29 is 4.79 Å². The smallest absolute Gasteiger partial charge is 0.240 e. The molecular formula is C12H24N2O. The molecule has 0 spiro atoms. The van der Waals surface area contributed by atoms with E-state index in [0.717, 1.165) is 12.5 Å². The van der Waals surface area contributed by atoms with Crippen molar-refractivity contribution in [3.8, 4) is 0 Å². The van der Waals surface area contributed by atoms with Gasteiger partial charge in [-0.15, -0.1) is 0 Å². The Bertz CT molecular complexity index is 220. The second kappa shape index (κ2) is 4.97. The molecule has 3 heteroatoms. The minimum Gasteiger partial charge on any atom is -0.354 e. The number of hydrogen-bond acceptors (Lipinski definition) is 2. The van der Waals surface area contributed by atoms with Gasteiger partial charge in [0.2, 0.25) is 5.91 Å². The molecule has 1 unspecified atom stereocenters. The number of nitrogens with one attached hydrogen (secondary N) is 1. The van der Waals surface area contributed by atoms with Crippen molar-refractivity contribution in [2.24, 2.45) is 17.6 Å². The topological polar surface area (TPSA) is 55.1 Å². The molecule has 1 rings (SSSR count). The average Bonchev–Trinajstić information content (AvgIpc) is 3.07. The Morgan fingerprint density at radius 3 is 2.40 bits per heavy atom. The first-order valence-electron chi connectivity index (χ1n) is 6.10. The maximum absolute atomic E-state index is 11.8. The maximum Gasteiger partial charge on any atom is 0.240 e. The van der Waals surface area contributed by atoms with Crippen LogP contribution in [0.2, 0.25) is 0 Å². The summed E-state index contributed by atoms with van der Waals surface area (Å²) in [7, 11) is 0. The number of amides is 1. The Balaban J connectivity index is 2.33. The van der Waals surface area contributed by atoms with Gasteiger partial charge in [-0.2, -0.15) is 0 Å². The van der Waals surface area contributed by atoms with Crippen molar-refractivity contribution >= 4 is 5.91 Å². The highest BCUT2D eigenvalue weighted by Gasteiger charge is 2.32. The highest BCUT2D eigenvalue weighted by molar-refractivity contribution is 5.85. The monoisotopic (exact) mass is 212 g/mol. The second-order valence-electron chi connectivity index (χ2n) is 4.89. The van der Waals surface area contributed by atoms with Crippen LogP contribution in [0.4, 0.5) is 0 Å². The van der Waals surface area contributed by atoms with Gasteiger partial charge >= 0.3 is 0 Å². The van der Waals surface area contributed by atoms with Gasteiger partial charge < -0.3 is 11.1 Å². The highest BCUT2D eigenvalue weighted by Crippen LogP contribution is 2.36. The third-order valence-electron chi connectivity index (χ3n) is 3.73. The zero-order chi connectivity index (χ0) is 11.5. The first kappa shape index (κ1) is 12.5. The van der Waals surface area contributed by atoms with Crippen LogP contribution in [0.3, 0.4) is 0 Å². The number of carbonyl (C=O) groups excluding carboxylic acids is 1. The van der Waals surface area contributed by atoms with E-state index in [0.29, 0.717) is 18.8 Å². The summed E-state index contributed by atoms with van der Waals surface area (Å²) < 4.78 is 0. The first-order valence-corrected chi connectivity index (χ1v) is 6.10. The summed E-state index contributed by atoms with van der Waals surface area (Å²) in [5.74, 6) is 1.45. The predicted octanol–water partition coefficient (Wildman–Crippen LogP) is 1.67. The molecule has 0 saturated heterocycles. The summed E-state index contributed by atoms with van der Waals surface area (Å²) in [4.78, 5) is 11.8. The summed E-state index contributed by atoms with van der Waals surface area (Å²) in [6, 6.07) is 0. The Hall–Kier alpha value is -0.570. The maximum atomic E-state index is 11.8. The lowest BCUT2D eigenvalue weighted by Gasteiger charge is -2.26. The third-order valence-corrected chi connectivity index (χ3v) is 3.73. The largest absolute Gasteiger partial charge is 0.354 e. The predicted molar refractivity (Wildman–Crippen MR) is 62.4 cm³/mol. The van der Waals surface area contributed by atoms with Gasteiger partial charge in [-0.1, -0.05) is 20.8 Å². The fraction of sp³-hybridized carbons (Fsp3) is 0.917. The van der Waals surface area contributed by atoms with E-state index >= 15 is 0 Å². The van der Waals surface area contributed by atoms with Crippen molar-refractivity contribution in [1.29, 1.82) is 0 Å². The zero-order valence-electron chi connectivity index (χ0n) is 10.2. The van der Waals surface area contributed by atoms with Crippen LogP contribution in [-0.2, 0) is 4.79 Å². The lowest BCUT2D eigenvalue weighted by Crippen LogP contribution is -2.53. The number of nitrogens with two attached hydrogens (primary N) is 1. The van der Waals surface area contributed by atoms with Gasteiger partial charge in [0.25, 0.3) is 0 Å². The molecule has 1 aliphatic carbocycles. The van der Waals surface area contributed by atoms with Crippen LogP contribution in [0.25, 0.3) is 0 Å². The second-order valence-corrected chi connectivity index (χ2v) is 4.89. The quantitative estimate of drug-likeness (QED) is 0.703. The van der Waals surface area contributed by atoms with Crippen LogP contribution < -0.4 is 11.1 Å². The summed E-state index contributed by atoms with van der Waals surface area (Å²) in [6.07, 6.45) is 4.05.